The maximum atomic E-state index is 12.8. The van der Waals surface area contributed by atoms with E-state index < -0.39 is 92.3 Å². The molecule has 3 aliphatic rings. The molecule has 4 heterocycles. The molecule has 1 aliphatic carbocycles. The summed E-state index contributed by atoms with van der Waals surface area (Å²) in [6, 6.07) is -0.699. The molecule has 12 atom stereocenters. The summed E-state index contributed by atoms with van der Waals surface area (Å²) in [7, 11) is 0. The highest BCUT2D eigenvalue weighted by molar-refractivity contribution is 5.80. The number of hydrogen-bond donors (Lipinski definition) is 11. The third-order valence-electron chi connectivity index (χ3n) is 7.44. The minimum absolute atomic E-state index is 0.0107. The van der Waals surface area contributed by atoms with Gasteiger partial charge < -0.3 is 70.7 Å². The number of hydrogen-bond acceptors (Lipinski definition) is 15. The highest BCUT2D eigenvalue weighted by Crippen LogP contribution is 2.33. The number of ether oxygens (including phenoxy) is 3. The van der Waals surface area contributed by atoms with Gasteiger partial charge in [-0.3, -0.25) is 9.78 Å². The monoisotopic (exact) mass is 571 g/mol. The van der Waals surface area contributed by atoms with Gasteiger partial charge in [-0.15, -0.1) is 0 Å². The molecule has 0 radical (unpaired) electrons. The fraction of sp³-hybridized carbons (Fsp3) is 0.652. The molecule has 0 spiro atoms. The van der Waals surface area contributed by atoms with Crippen LogP contribution in [0.1, 0.15) is 11.8 Å². The molecule has 0 unspecified atom stereocenters. The molecule has 2 aromatic rings. The molecule has 5 rings (SSSR count). The second kappa shape index (κ2) is 11.4. The molecule has 2 aromatic heterocycles. The zero-order valence-electron chi connectivity index (χ0n) is 21.0. The number of aromatic amines is 1. The first-order valence-electron chi connectivity index (χ1n) is 12.6. The highest BCUT2D eigenvalue weighted by atomic mass is 16.7. The fourth-order valence-electron chi connectivity index (χ4n) is 5.26. The van der Waals surface area contributed by atoms with Gasteiger partial charge in [0, 0.05) is 12.7 Å². The Hall–Kier alpha value is -2.52. The number of nitrogens with zero attached hydrogens (tertiary/aromatic N) is 2. The SMILES string of the molecule is Nc1nc2c(c(CN[C@H]3C=C[C@H](O)[C@@H]3O[C@@H]3O[C@H](CO)[C@H](O)[C@H](O)[C@H]3O)cn2[C@@H]2O[C@H](CO)[C@@H](O)[C@H]2O)c(=O)[nH]1. The number of aromatic nitrogens is 3. The predicted octanol–water partition coefficient (Wildman–Crippen LogP) is -5.51. The van der Waals surface area contributed by atoms with E-state index in [1.807, 2.05) is 0 Å². The molecule has 0 bridgehead atoms. The van der Waals surface area contributed by atoms with Gasteiger partial charge in [0.25, 0.3) is 5.56 Å². The van der Waals surface area contributed by atoms with Crippen molar-refractivity contribution in [1.82, 2.24) is 19.9 Å². The van der Waals surface area contributed by atoms with Crippen LogP contribution in [-0.2, 0) is 20.8 Å². The van der Waals surface area contributed by atoms with Gasteiger partial charge in [0.2, 0.25) is 5.95 Å². The Morgan fingerprint density at radius 2 is 1.65 bits per heavy atom. The van der Waals surface area contributed by atoms with Crippen LogP contribution in [0.5, 0.6) is 0 Å². The van der Waals surface area contributed by atoms with Gasteiger partial charge in [-0.1, -0.05) is 12.2 Å². The van der Waals surface area contributed by atoms with Crippen molar-refractivity contribution >= 4 is 17.0 Å². The van der Waals surface area contributed by atoms with Crippen molar-refractivity contribution in [3.8, 4) is 0 Å². The molecule has 0 amide bonds. The van der Waals surface area contributed by atoms with E-state index in [0.29, 0.717) is 5.56 Å². The fourth-order valence-corrected chi connectivity index (χ4v) is 5.26. The Bertz CT molecular complexity index is 1280. The van der Waals surface area contributed by atoms with Crippen LogP contribution >= 0.6 is 0 Å². The van der Waals surface area contributed by atoms with Crippen LogP contribution in [0.25, 0.3) is 11.0 Å². The highest BCUT2D eigenvalue weighted by Gasteiger charge is 2.47. The molecule has 2 aliphatic heterocycles. The van der Waals surface area contributed by atoms with E-state index in [4.69, 9.17) is 19.9 Å². The second-order valence-corrected chi connectivity index (χ2v) is 10.0. The van der Waals surface area contributed by atoms with Crippen LogP contribution in [0.4, 0.5) is 5.95 Å². The minimum Gasteiger partial charge on any atom is -0.394 e. The normalized spacial score (nSPS) is 39.9. The topological polar surface area (TPSA) is 278 Å². The number of aliphatic hydroxyl groups is 8. The molecule has 222 valence electrons. The Morgan fingerprint density at radius 1 is 0.975 bits per heavy atom. The summed E-state index contributed by atoms with van der Waals surface area (Å²) in [4.78, 5) is 19.4. The molecular weight excluding hydrogens is 538 g/mol. The molecule has 17 nitrogen and oxygen atoms in total. The van der Waals surface area contributed by atoms with E-state index in [9.17, 15) is 45.6 Å². The van der Waals surface area contributed by atoms with Gasteiger partial charge in [-0.05, 0) is 5.56 Å². The lowest BCUT2D eigenvalue weighted by atomic mass is 9.99. The van der Waals surface area contributed by atoms with E-state index in [-0.39, 0.29) is 23.5 Å². The Balaban J connectivity index is 1.37. The number of aliphatic hydroxyl groups excluding tert-OH is 8. The van der Waals surface area contributed by atoms with Gasteiger partial charge in [0.15, 0.2) is 18.2 Å². The Labute approximate surface area is 225 Å². The van der Waals surface area contributed by atoms with Gasteiger partial charge in [-0.25, -0.2) is 0 Å². The van der Waals surface area contributed by atoms with Crippen molar-refractivity contribution in [2.24, 2.45) is 0 Å². The van der Waals surface area contributed by atoms with E-state index in [0.717, 1.165) is 0 Å². The molecular formula is C23H33N5O12. The van der Waals surface area contributed by atoms with Gasteiger partial charge >= 0.3 is 0 Å². The van der Waals surface area contributed by atoms with Crippen molar-refractivity contribution < 1.29 is 55.1 Å². The summed E-state index contributed by atoms with van der Waals surface area (Å²) in [5.41, 5.74) is 5.59. The zero-order chi connectivity index (χ0) is 28.9. The van der Waals surface area contributed by atoms with Gasteiger partial charge in [0.05, 0.1) is 24.6 Å². The quantitative estimate of drug-likeness (QED) is 0.132. The summed E-state index contributed by atoms with van der Waals surface area (Å²) in [5.74, 6) is -0.196. The number of nitrogens with one attached hydrogen (secondary N) is 2. The number of nitrogens with two attached hydrogens (primary N) is 1. The first-order chi connectivity index (χ1) is 19.0. The van der Waals surface area contributed by atoms with Crippen LogP contribution in [0.15, 0.2) is 23.1 Å². The maximum absolute atomic E-state index is 12.8. The number of fused-ring (bicyclic) bond motifs is 1. The van der Waals surface area contributed by atoms with Crippen molar-refractivity contribution in [1.29, 1.82) is 0 Å². The summed E-state index contributed by atoms with van der Waals surface area (Å²) in [5, 5.41) is 83.7. The lowest BCUT2D eigenvalue weighted by Crippen LogP contribution is -2.60. The van der Waals surface area contributed by atoms with Crippen LogP contribution in [-0.4, -0.2) is 136 Å². The number of anilines is 1. The summed E-state index contributed by atoms with van der Waals surface area (Å²) in [6.45, 7) is -1.21. The van der Waals surface area contributed by atoms with E-state index in [1.165, 1.54) is 16.8 Å². The average Bonchev–Trinajstić information content (AvgIpc) is 3.56. The number of nitrogen functional groups attached to an aromatic ring is 1. The van der Waals surface area contributed by atoms with Crippen LogP contribution in [0, 0.1) is 0 Å². The second-order valence-electron chi connectivity index (χ2n) is 10.0. The Morgan fingerprint density at radius 3 is 2.33 bits per heavy atom. The summed E-state index contributed by atoms with van der Waals surface area (Å²) >= 11 is 0. The van der Waals surface area contributed by atoms with E-state index >= 15 is 0 Å². The third-order valence-corrected chi connectivity index (χ3v) is 7.44. The third kappa shape index (κ3) is 5.04. The standard InChI is InChI=1S/C23H33N5O12/c24-23-26-19-12(20(37)27-23)7(4-28(19)21-16(35)14(33)10(5-29)38-21)3-25-8-1-2-9(31)18(8)40-22-17(36)15(34)13(32)11(6-30)39-22/h1-2,4,8-11,13-18,21-22,25,29-36H,3,5-6H2,(H3,24,26,27,37)/t8-,9-,10+,11+,13-,14+,15-,16+,17+,18+,21+,22-/m0/s1. The lowest BCUT2D eigenvalue weighted by molar-refractivity contribution is -0.315. The smallest absolute Gasteiger partial charge is 0.262 e. The van der Waals surface area contributed by atoms with Crippen LogP contribution < -0.4 is 16.6 Å². The first-order valence-corrected chi connectivity index (χ1v) is 12.6. The largest absolute Gasteiger partial charge is 0.394 e. The summed E-state index contributed by atoms with van der Waals surface area (Å²) < 4.78 is 18.1. The average molecular weight is 572 g/mol. The molecule has 0 aromatic carbocycles. The molecule has 2 fully saturated rings. The molecule has 2 saturated heterocycles. The number of H-pyrrole nitrogens is 1. The van der Waals surface area contributed by atoms with Crippen molar-refractivity contribution in [2.45, 2.75) is 80.0 Å². The molecule has 40 heavy (non-hydrogen) atoms. The Kier molecular flexibility index (Phi) is 8.26. The van der Waals surface area contributed by atoms with Gasteiger partial charge in [-0.2, -0.15) is 4.98 Å². The van der Waals surface area contributed by atoms with Crippen molar-refractivity contribution in [3.05, 3.63) is 34.3 Å². The molecule has 0 saturated carbocycles. The first kappa shape index (κ1) is 29.0. The molecule has 17 heteroatoms. The molecule has 12 N–H and O–H groups in total. The van der Waals surface area contributed by atoms with Crippen molar-refractivity contribution in [3.63, 3.8) is 0 Å². The number of rotatable bonds is 8. The van der Waals surface area contributed by atoms with E-state index in [1.54, 1.807) is 6.08 Å². The minimum atomic E-state index is -1.67. The van der Waals surface area contributed by atoms with Gasteiger partial charge in [0.1, 0.15) is 54.9 Å². The van der Waals surface area contributed by atoms with Crippen LogP contribution in [0.2, 0.25) is 0 Å². The summed E-state index contributed by atoms with van der Waals surface area (Å²) in [6.07, 6.45) is -10.4. The zero-order valence-corrected chi connectivity index (χ0v) is 21.0. The van der Waals surface area contributed by atoms with Crippen molar-refractivity contribution in [2.75, 3.05) is 18.9 Å². The maximum Gasteiger partial charge on any atom is 0.262 e. The van der Waals surface area contributed by atoms with E-state index in [2.05, 4.69) is 15.3 Å². The predicted molar refractivity (Wildman–Crippen MR) is 132 cm³/mol. The lowest BCUT2D eigenvalue weighted by Gasteiger charge is -2.41. The van der Waals surface area contributed by atoms with Crippen LogP contribution in [0.3, 0.4) is 0 Å².